The molecule has 1 atom stereocenters. The number of fused-ring (bicyclic) bond motifs is 1. The molecule has 3 rings (SSSR count). The highest BCUT2D eigenvalue weighted by Crippen LogP contribution is 2.24. The number of benzene rings is 1. The summed E-state index contributed by atoms with van der Waals surface area (Å²) in [7, 11) is 0. The van der Waals surface area contributed by atoms with Crippen LogP contribution in [-0.2, 0) is 22.4 Å². The van der Waals surface area contributed by atoms with Gasteiger partial charge in [0.05, 0.1) is 12.3 Å². The van der Waals surface area contributed by atoms with Gasteiger partial charge in [0.2, 0.25) is 5.91 Å². The summed E-state index contributed by atoms with van der Waals surface area (Å²) in [5.41, 5.74) is 3.32. The van der Waals surface area contributed by atoms with E-state index in [0.29, 0.717) is 25.9 Å². The van der Waals surface area contributed by atoms with E-state index in [1.165, 1.54) is 5.56 Å². The fraction of sp³-hybridized carbons (Fsp3) is 0.444. The molecular formula is C18H22N2O3. The maximum absolute atomic E-state index is 12.6. The molecule has 1 aliphatic rings. The van der Waals surface area contributed by atoms with E-state index in [1.54, 1.807) is 4.90 Å². The Morgan fingerprint density at radius 1 is 1.35 bits per heavy atom. The van der Waals surface area contributed by atoms with E-state index in [4.69, 9.17) is 5.11 Å². The molecule has 1 aromatic carbocycles. The van der Waals surface area contributed by atoms with E-state index >= 15 is 0 Å². The van der Waals surface area contributed by atoms with Crippen molar-refractivity contribution in [1.82, 2.24) is 9.88 Å². The Hall–Kier alpha value is -2.30. The second kappa shape index (κ2) is 6.44. The number of aryl methyl sites for hydroxylation is 1. The molecule has 2 heterocycles. The van der Waals surface area contributed by atoms with Crippen LogP contribution in [0.15, 0.2) is 24.4 Å². The molecule has 0 spiro atoms. The number of carboxylic acid groups (broad SMARTS) is 1. The summed E-state index contributed by atoms with van der Waals surface area (Å²) in [4.78, 5) is 28.7. The molecule has 1 saturated heterocycles. The van der Waals surface area contributed by atoms with Gasteiger partial charge in [-0.1, -0.05) is 25.1 Å². The number of aromatic nitrogens is 1. The number of H-pyrrole nitrogens is 1. The van der Waals surface area contributed by atoms with Crippen LogP contribution >= 0.6 is 0 Å². The lowest BCUT2D eigenvalue weighted by molar-refractivity contribution is -0.145. The van der Waals surface area contributed by atoms with Crippen LogP contribution in [0.2, 0.25) is 0 Å². The minimum atomic E-state index is -0.804. The minimum absolute atomic E-state index is 0.0127. The highest BCUT2D eigenvalue weighted by molar-refractivity contribution is 5.90. The topological polar surface area (TPSA) is 73.4 Å². The predicted octanol–water partition coefficient (Wildman–Crippen LogP) is 2.60. The third-order valence-corrected chi connectivity index (χ3v) is 4.73. The lowest BCUT2D eigenvalue weighted by Gasteiger charge is -2.30. The van der Waals surface area contributed by atoms with Crippen LogP contribution in [0.5, 0.6) is 0 Å². The molecule has 2 N–H and O–H groups in total. The Bertz CT molecular complexity index is 735. The molecule has 23 heavy (non-hydrogen) atoms. The average Bonchev–Trinajstić information content (AvgIpc) is 2.98. The van der Waals surface area contributed by atoms with Gasteiger partial charge in [-0.05, 0) is 30.4 Å². The summed E-state index contributed by atoms with van der Waals surface area (Å²) in [6.45, 7) is 3.10. The highest BCUT2D eigenvalue weighted by Gasteiger charge is 2.28. The number of piperidine rings is 1. The standard InChI is InChI=1S/C18H22N2O3/c1-2-12-5-3-7-15-14(10-19-17(12)15)9-16(21)20-8-4-6-13(11-20)18(22)23/h3,5,7,10,13,19H,2,4,6,8-9,11H2,1H3,(H,22,23). The molecule has 0 aliphatic carbocycles. The number of aliphatic carboxylic acids is 1. The Balaban J connectivity index is 1.77. The van der Waals surface area contributed by atoms with Gasteiger partial charge >= 0.3 is 5.97 Å². The van der Waals surface area contributed by atoms with Crippen LogP contribution in [0.4, 0.5) is 0 Å². The van der Waals surface area contributed by atoms with Gasteiger partial charge in [-0.15, -0.1) is 0 Å². The van der Waals surface area contributed by atoms with E-state index in [9.17, 15) is 9.59 Å². The quantitative estimate of drug-likeness (QED) is 0.911. The monoisotopic (exact) mass is 314 g/mol. The Kier molecular flexibility index (Phi) is 4.37. The summed E-state index contributed by atoms with van der Waals surface area (Å²) in [6.07, 6.45) is 4.58. The molecule has 1 aliphatic heterocycles. The van der Waals surface area contributed by atoms with Gasteiger partial charge in [-0.25, -0.2) is 0 Å². The molecule has 1 fully saturated rings. The van der Waals surface area contributed by atoms with E-state index < -0.39 is 11.9 Å². The number of hydrogen-bond acceptors (Lipinski definition) is 2. The van der Waals surface area contributed by atoms with Gasteiger partial charge in [0.25, 0.3) is 0 Å². The number of likely N-dealkylation sites (tertiary alicyclic amines) is 1. The molecule has 5 heteroatoms. The normalized spacial score (nSPS) is 18.3. The molecule has 1 amide bonds. The Morgan fingerprint density at radius 2 is 2.17 bits per heavy atom. The smallest absolute Gasteiger partial charge is 0.308 e. The van der Waals surface area contributed by atoms with Gasteiger partial charge in [0.15, 0.2) is 0 Å². The summed E-state index contributed by atoms with van der Waals surface area (Å²) in [5, 5.41) is 10.2. The number of para-hydroxylation sites is 1. The van der Waals surface area contributed by atoms with E-state index in [1.807, 2.05) is 18.3 Å². The molecule has 5 nitrogen and oxygen atoms in total. The van der Waals surface area contributed by atoms with Gasteiger partial charge in [0, 0.05) is 30.2 Å². The SMILES string of the molecule is CCc1cccc2c(CC(=O)N3CCCC(C(=O)O)C3)c[nH]c12. The van der Waals surface area contributed by atoms with E-state index in [0.717, 1.165) is 29.3 Å². The molecule has 1 unspecified atom stereocenters. The van der Waals surface area contributed by atoms with Crippen molar-refractivity contribution < 1.29 is 14.7 Å². The number of nitrogens with zero attached hydrogens (tertiary/aromatic N) is 1. The second-order valence-corrected chi connectivity index (χ2v) is 6.20. The van der Waals surface area contributed by atoms with Crippen LogP contribution in [0.3, 0.4) is 0 Å². The number of rotatable bonds is 4. The van der Waals surface area contributed by atoms with Crippen molar-refractivity contribution in [3.05, 3.63) is 35.5 Å². The van der Waals surface area contributed by atoms with Crippen molar-refractivity contribution >= 4 is 22.8 Å². The number of hydrogen-bond donors (Lipinski definition) is 2. The molecule has 122 valence electrons. The molecule has 0 bridgehead atoms. The van der Waals surface area contributed by atoms with Gasteiger partial charge in [-0.2, -0.15) is 0 Å². The maximum atomic E-state index is 12.6. The van der Waals surface area contributed by atoms with Gasteiger partial charge in [0.1, 0.15) is 0 Å². The van der Waals surface area contributed by atoms with Crippen LogP contribution in [0.25, 0.3) is 10.9 Å². The zero-order chi connectivity index (χ0) is 16.4. The first-order valence-corrected chi connectivity index (χ1v) is 8.18. The van der Waals surface area contributed by atoms with Crippen LogP contribution in [0.1, 0.15) is 30.9 Å². The van der Waals surface area contributed by atoms with E-state index in [-0.39, 0.29) is 5.91 Å². The zero-order valence-electron chi connectivity index (χ0n) is 13.3. The van der Waals surface area contributed by atoms with Gasteiger partial charge in [-0.3, -0.25) is 9.59 Å². The first kappa shape index (κ1) is 15.6. The number of carboxylic acids is 1. The van der Waals surface area contributed by atoms with Crippen molar-refractivity contribution in [3.8, 4) is 0 Å². The number of carbonyl (C=O) groups excluding carboxylic acids is 1. The summed E-state index contributed by atoms with van der Waals surface area (Å²) >= 11 is 0. The first-order chi connectivity index (χ1) is 11.1. The van der Waals surface area contributed by atoms with Crippen LogP contribution in [-0.4, -0.2) is 40.0 Å². The Morgan fingerprint density at radius 3 is 2.91 bits per heavy atom. The average molecular weight is 314 g/mol. The first-order valence-electron chi connectivity index (χ1n) is 8.18. The van der Waals surface area contributed by atoms with Crippen LogP contribution in [0, 0.1) is 5.92 Å². The van der Waals surface area contributed by atoms with Crippen molar-refractivity contribution in [2.45, 2.75) is 32.6 Å². The number of amides is 1. The molecular weight excluding hydrogens is 292 g/mol. The summed E-state index contributed by atoms with van der Waals surface area (Å²) < 4.78 is 0. The molecule has 0 saturated carbocycles. The zero-order valence-corrected chi connectivity index (χ0v) is 13.3. The van der Waals surface area contributed by atoms with Crippen molar-refractivity contribution in [2.24, 2.45) is 5.92 Å². The van der Waals surface area contributed by atoms with Crippen molar-refractivity contribution in [2.75, 3.05) is 13.1 Å². The van der Waals surface area contributed by atoms with Crippen molar-refractivity contribution in [3.63, 3.8) is 0 Å². The fourth-order valence-corrected chi connectivity index (χ4v) is 3.40. The largest absolute Gasteiger partial charge is 0.481 e. The second-order valence-electron chi connectivity index (χ2n) is 6.20. The Labute approximate surface area is 135 Å². The van der Waals surface area contributed by atoms with Crippen molar-refractivity contribution in [1.29, 1.82) is 0 Å². The molecule has 1 aromatic heterocycles. The summed E-state index contributed by atoms with van der Waals surface area (Å²) in [6, 6.07) is 6.14. The summed E-state index contributed by atoms with van der Waals surface area (Å²) in [5.74, 6) is -1.22. The fourth-order valence-electron chi connectivity index (χ4n) is 3.40. The molecule has 0 radical (unpaired) electrons. The highest BCUT2D eigenvalue weighted by atomic mass is 16.4. The maximum Gasteiger partial charge on any atom is 0.308 e. The minimum Gasteiger partial charge on any atom is -0.481 e. The van der Waals surface area contributed by atoms with Crippen LogP contribution < -0.4 is 0 Å². The number of aromatic amines is 1. The van der Waals surface area contributed by atoms with Gasteiger partial charge < -0.3 is 15.0 Å². The lowest BCUT2D eigenvalue weighted by Crippen LogP contribution is -2.42. The third-order valence-electron chi connectivity index (χ3n) is 4.73. The molecule has 2 aromatic rings. The van der Waals surface area contributed by atoms with E-state index in [2.05, 4.69) is 18.0 Å². The number of nitrogens with one attached hydrogen (secondary N) is 1. The lowest BCUT2D eigenvalue weighted by atomic mass is 9.97. The predicted molar refractivity (Wildman–Crippen MR) is 88.3 cm³/mol. The number of carbonyl (C=O) groups is 2. The third kappa shape index (κ3) is 3.09.